The number of methoxy groups -OCH3 is 1. The van der Waals surface area contributed by atoms with Gasteiger partial charge < -0.3 is 15.0 Å². The molecule has 0 radical (unpaired) electrons. The first-order valence-electron chi connectivity index (χ1n) is 11.6. The highest BCUT2D eigenvalue weighted by Crippen LogP contribution is 2.26. The van der Waals surface area contributed by atoms with Crippen molar-refractivity contribution in [1.29, 1.82) is 0 Å². The van der Waals surface area contributed by atoms with E-state index in [1.165, 1.54) is 9.99 Å². The summed E-state index contributed by atoms with van der Waals surface area (Å²) >= 11 is 0. The molecule has 0 aromatic heterocycles. The molecule has 8 heteroatoms. The number of piperidine rings is 2. The zero-order valence-electron chi connectivity index (χ0n) is 19.4. The molecule has 2 saturated heterocycles. The average molecular weight is 472 g/mol. The molecule has 2 aromatic carbocycles. The predicted octanol–water partition coefficient (Wildman–Crippen LogP) is 3.19. The summed E-state index contributed by atoms with van der Waals surface area (Å²) < 4.78 is 32.5. The molecule has 2 aliphatic heterocycles. The first-order valence-corrected chi connectivity index (χ1v) is 13.1. The smallest absolute Gasteiger partial charge is 0.243 e. The fraction of sp³-hybridized carbons (Fsp3) is 0.480. The lowest BCUT2D eigenvalue weighted by molar-refractivity contribution is -0.127. The van der Waals surface area contributed by atoms with E-state index in [4.69, 9.17) is 4.74 Å². The second-order valence-electron chi connectivity index (χ2n) is 8.96. The number of hydrogen-bond donors (Lipinski definition) is 1. The van der Waals surface area contributed by atoms with E-state index in [2.05, 4.69) is 22.3 Å². The number of amides is 1. The summed E-state index contributed by atoms with van der Waals surface area (Å²) in [5, 5.41) is 3.22. The molecule has 2 fully saturated rings. The Balaban J connectivity index is 1.24. The highest BCUT2D eigenvalue weighted by atomic mass is 32.2. The number of carbonyl (C=O) groups excluding carboxylic acids is 1. The first-order chi connectivity index (χ1) is 15.9. The minimum Gasteiger partial charge on any atom is -0.497 e. The number of ether oxygens (including phenoxy) is 1. The maximum absolute atomic E-state index is 12.9. The zero-order chi connectivity index (χ0) is 23.4. The van der Waals surface area contributed by atoms with Gasteiger partial charge in [-0.2, -0.15) is 4.31 Å². The minimum absolute atomic E-state index is 0.0604. The Morgan fingerprint density at radius 2 is 1.52 bits per heavy atom. The molecule has 2 aliphatic rings. The lowest BCUT2D eigenvalue weighted by Crippen LogP contribution is -2.48. The van der Waals surface area contributed by atoms with Crippen molar-refractivity contribution in [1.82, 2.24) is 9.62 Å². The normalized spacial score (nSPS) is 18.8. The SMILES string of the molecule is COc1ccc(N2CCC(NC(=O)C3CCN(S(=O)(=O)c4ccc(C)cc4)CC3)CC2)cc1. The van der Waals surface area contributed by atoms with Gasteiger partial charge in [-0.05, 0) is 69.0 Å². The lowest BCUT2D eigenvalue weighted by atomic mass is 9.95. The van der Waals surface area contributed by atoms with Crippen LogP contribution < -0.4 is 15.0 Å². The number of carbonyl (C=O) groups is 1. The Morgan fingerprint density at radius 1 is 0.909 bits per heavy atom. The molecule has 4 rings (SSSR count). The van der Waals surface area contributed by atoms with Crippen molar-refractivity contribution in [3.05, 3.63) is 54.1 Å². The molecule has 0 unspecified atom stereocenters. The van der Waals surface area contributed by atoms with E-state index in [9.17, 15) is 13.2 Å². The number of nitrogens with one attached hydrogen (secondary N) is 1. The molecule has 7 nitrogen and oxygen atoms in total. The largest absolute Gasteiger partial charge is 0.497 e. The molecule has 0 aliphatic carbocycles. The number of hydrogen-bond acceptors (Lipinski definition) is 5. The molecule has 2 heterocycles. The predicted molar refractivity (Wildman–Crippen MR) is 129 cm³/mol. The van der Waals surface area contributed by atoms with E-state index in [1.807, 2.05) is 31.2 Å². The second-order valence-corrected chi connectivity index (χ2v) is 10.9. The van der Waals surface area contributed by atoms with E-state index < -0.39 is 10.0 Å². The van der Waals surface area contributed by atoms with Crippen molar-refractivity contribution in [2.24, 2.45) is 5.92 Å². The Morgan fingerprint density at radius 3 is 2.09 bits per heavy atom. The van der Waals surface area contributed by atoms with Crippen LogP contribution in [0.1, 0.15) is 31.2 Å². The van der Waals surface area contributed by atoms with Crippen molar-refractivity contribution in [2.45, 2.75) is 43.5 Å². The molecule has 1 amide bonds. The summed E-state index contributed by atoms with van der Waals surface area (Å²) in [6.07, 6.45) is 2.92. The fourth-order valence-corrected chi connectivity index (χ4v) is 6.08. The number of anilines is 1. The number of nitrogens with zero attached hydrogens (tertiary/aromatic N) is 2. The van der Waals surface area contributed by atoms with Crippen molar-refractivity contribution in [3.63, 3.8) is 0 Å². The van der Waals surface area contributed by atoms with Gasteiger partial charge in [-0.25, -0.2) is 8.42 Å². The molecule has 0 saturated carbocycles. The Kier molecular flexibility index (Phi) is 7.24. The zero-order valence-corrected chi connectivity index (χ0v) is 20.2. The Bertz CT molecular complexity index is 1040. The number of rotatable bonds is 6. The van der Waals surface area contributed by atoms with Crippen molar-refractivity contribution >= 4 is 21.6 Å². The average Bonchev–Trinajstić information content (AvgIpc) is 2.85. The first kappa shape index (κ1) is 23.6. The van der Waals surface area contributed by atoms with Crippen molar-refractivity contribution in [3.8, 4) is 5.75 Å². The maximum atomic E-state index is 12.9. The van der Waals surface area contributed by atoms with Gasteiger partial charge in [-0.1, -0.05) is 17.7 Å². The quantitative estimate of drug-likeness (QED) is 0.700. The standard InChI is InChI=1S/C25H33N3O4S/c1-19-3-9-24(10-4-19)33(30,31)28-17-11-20(12-18-28)25(29)26-21-13-15-27(16-14-21)22-5-7-23(32-2)8-6-22/h3-10,20-21H,11-18H2,1-2H3,(H,26,29). The maximum Gasteiger partial charge on any atom is 0.243 e. The fourth-order valence-electron chi connectivity index (χ4n) is 4.61. The van der Waals surface area contributed by atoms with E-state index >= 15 is 0 Å². The van der Waals surface area contributed by atoms with Gasteiger partial charge in [0.25, 0.3) is 0 Å². The highest BCUT2D eigenvalue weighted by molar-refractivity contribution is 7.89. The molecule has 2 aromatic rings. The molecule has 0 atom stereocenters. The van der Waals surface area contributed by atoms with Crippen molar-refractivity contribution in [2.75, 3.05) is 38.2 Å². The summed E-state index contributed by atoms with van der Waals surface area (Å²) in [5.41, 5.74) is 2.20. The number of benzene rings is 2. The van der Waals surface area contributed by atoms with Gasteiger partial charge in [0.1, 0.15) is 5.75 Å². The van der Waals surface area contributed by atoms with Gasteiger partial charge in [-0.3, -0.25) is 4.79 Å². The monoisotopic (exact) mass is 471 g/mol. The number of aryl methyl sites for hydroxylation is 1. The van der Waals surface area contributed by atoms with Crippen LogP contribution in [0.5, 0.6) is 5.75 Å². The molecule has 0 bridgehead atoms. The Labute approximate surface area is 196 Å². The summed E-state index contributed by atoms with van der Waals surface area (Å²) in [6.45, 7) is 4.48. The molecular formula is C25H33N3O4S. The summed E-state index contributed by atoms with van der Waals surface area (Å²) in [5.74, 6) is 0.776. The molecule has 33 heavy (non-hydrogen) atoms. The van der Waals surface area contributed by atoms with Crippen molar-refractivity contribution < 1.29 is 17.9 Å². The third-order valence-corrected chi connectivity index (χ3v) is 8.68. The van der Waals surface area contributed by atoms with Gasteiger partial charge in [0.15, 0.2) is 0 Å². The van der Waals surface area contributed by atoms with E-state index in [0.29, 0.717) is 30.8 Å². The van der Waals surface area contributed by atoms with Crippen LogP contribution in [-0.4, -0.2) is 58.0 Å². The Hall–Kier alpha value is -2.58. The van der Waals surface area contributed by atoms with E-state index in [0.717, 1.165) is 37.2 Å². The van der Waals surface area contributed by atoms with Crippen LogP contribution in [-0.2, 0) is 14.8 Å². The summed E-state index contributed by atoms with van der Waals surface area (Å²) in [7, 11) is -1.84. The number of sulfonamides is 1. The van der Waals surface area contributed by atoms with Crippen LogP contribution in [0.25, 0.3) is 0 Å². The molecular weight excluding hydrogens is 438 g/mol. The van der Waals surface area contributed by atoms with Gasteiger partial charge in [0.05, 0.1) is 12.0 Å². The van der Waals surface area contributed by atoms with Crippen LogP contribution in [0.15, 0.2) is 53.4 Å². The summed E-state index contributed by atoms with van der Waals surface area (Å²) in [6, 6.07) is 15.2. The van der Waals surface area contributed by atoms with Gasteiger partial charge in [0.2, 0.25) is 15.9 Å². The van der Waals surface area contributed by atoms with E-state index in [-0.39, 0.29) is 17.9 Å². The third kappa shape index (κ3) is 5.50. The summed E-state index contributed by atoms with van der Waals surface area (Å²) in [4.78, 5) is 15.5. The highest BCUT2D eigenvalue weighted by Gasteiger charge is 2.33. The van der Waals surface area contributed by atoms with Crippen LogP contribution in [0.4, 0.5) is 5.69 Å². The molecule has 1 N–H and O–H groups in total. The second kappa shape index (κ2) is 10.1. The van der Waals surface area contributed by atoms with Gasteiger partial charge >= 0.3 is 0 Å². The van der Waals surface area contributed by atoms with Crippen LogP contribution in [0.2, 0.25) is 0 Å². The van der Waals surface area contributed by atoms with Crippen LogP contribution in [0.3, 0.4) is 0 Å². The lowest BCUT2D eigenvalue weighted by Gasteiger charge is -2.35. The van der Waals surface area contributed by atoms with Crippen LogP contribution in [0, 0.1) is 12.8 Å². The minimum atomic E-state index is -3.50. The van der Waals surface area contributed by atoms with E-state index in [1.54, 1.807) is 19.2 Å². The molecule has 178 valence electrons. The molecule has 0 spiro atoms. The topological polar surface area (TPSA) is 79.0 Å². The van der Waals surface area contributed by atoms with Crippen LogP contribution >= 0.6 is 0 Å². The van der Waals surface area contributed by atoms with Gasteiger partial charge in [-0.15, -0.1) is 0 Å². The van der Waals surface area contributed by atoms with Gasteiger partial charge in [0, 0.05) is 43.8 Å². The third-order valence-electron chi connectivity index (χ3n) is 6.76.